The molecule has 1 unspecified atom stereocenters. The topological polar surface area (TPSA) is 97.1 Å². The van der Waals surface area contributed by atoms with E-state index in [4.69, 9.17) is 5.11 Å². The van der Waals surface area contributed by atoms with E-state index < -0.39 is 11.4 Å². The van der Waals surface area contributed by atoms with Gasteiger partial charge in [-0.05, 0) is 13.3 Å². The first-order valence-corrected chi connectivity index (χ1v) is 5.82. The number of aryl methyl sites for hydroxylation is 1. The minimum atomic E-state index is -0.914. The second kappa shape index (κ2) is 6.13. The molecular formula is C11H18N4O3. The summed E-state index contributed by atoms with van der Waals surface area (Å²) in [5, 5.41) is 19.0. The summed E-state index contributed by atoms with van der Waals surface area (Å²) in [6.07, 6.45) is 3.92. The molecule has 0 aliphatic heterocycles. The van der Waals surface area contributed by atoms with E-state index in [0.717, 1.165) is 0 Å². The summed E-state index contributed by atoms with van der Waals surface area (Å²) in [4.78, 5) is 22.6. The van der Waals surface area contributed by atoms with E-state index in [1.54, 1.807) is 24.7 Å². The molecule has 0 aromatic carbocycles. The Morgan fingerprint density at radius 3 is 2.72 bits per heavy atom. The van der Waals surface area contributed by atoms with Crippen LogP contribution in [0.1, 0.15) is 26.7 Å². The fourth-order valence-electron chi connectivity index (χ4n) is 1.30. The first-order valence-electron chi connectivity index (χ1n) is 5.82. The number of carboxylic acid groups (broad SMARTS) is 1. The van der Waals surface area contributed by atoms with Crippen molar-refractivity contribution in [2.75, 3.05) is 6.54 Å². The molecule has 1 aromatic rings. The molecule has 1 heterocycles. The van der Waals surface area contributed by atoms with Crippen LogP contribution in [-0.2, 0) is 16.1 Å². The molecule has 0 saturated carbocycles. The van der Waals surface area contributed by atoms with Gasteiger partial charge in [-0.25, -0.2) is 0 Å². The number of hydrogen-bond donors (Lipinski definition) is 2. The van der Waals surface area contributed by atoms with Crippen molar-refractivity contribution >= 4 is 11.9 Å². The van der Waals surface area contributed by atoms with Gasteiger partial charge in [0.05, 0.1) is 18.2 Å². The molecule has 7 nitrogen and oxygen atoms in total. The molecule has 0 fully saturated rings. The lowest BCUT2D eigenvalue weighted by atomic mass is 9.88. The number of hydrogen-bond acceptors (Lipinski definition) is 4. The van der Waals surface area contributed by atoms with Gasteiger partial charge in [0, 0.05) is 19.2 Å². The van der Waals surface area contributed by atoms with Gasteiger partial charge >= 0.3 is 5.97 Å². The van der Waals surface area contributed by atoms with Crippen molar-refractivity contribution in [1.82, 2.24) is 20.3 Å². The fraction of sp³-hybridized carbons (Fsp3) is 0.636. The number of carboxylic acids is 1. The first-order chi connectivity index (χ1) is 8.48. The van der Waals surface area contributed by atoms with Gasteiger partial charge in [0.15, 0.2) is 0 Å². The maximum atomic E-state index is 11.6. The van der Waals surface area contributed by atoms with E-state index >= 15 is 0 Å². The van der Waals surface area contributed by atoms with Gasteiger partial charge in [0.1, 0.15) is 0 Å². The lowest BCUT2D eigenvalue weighted by Gasteiger charge is -2.23. The minimum absolute atomic E-state index is 0.134. The molecule has 0 radical (unpaired) electrons. The fourth-order valence-corrected chi connectivity index (χ4v) is 1.30. The van der Waals surface area contributed by atoms with Crippen molar-refractivity contribution in [3.8, 4) is 0 Å². The third kappa shape index (κ3) is 3.83. The highest BCUT2D eigenvalue weighted by Crippen LogP contribution is 2.19. The number of amides is 1. The number of carbonyl (C=O) groups excluding carboxylic acids is 1. The summed E-state index contributed by atoms with van der Waals surface area (Å²) in [7, 11) is 0. The van der Waals surface area contributed by atoms with Crippen LogP contribution in [0.25, 0.3) is 0 Å². The Bertz CT molecular complexity index is 404. The van der Waals surface area contributed by atoms with Gasteiger partial charge in [-0.1, -0.05) is 12.1 Å². The maximum absolute atomic E-state index is 11.6. The van der Waals surface area contributed by atoms with Crippen LogP contribution in [0, 0.1) is 5.41 Å². The van der Waals surface area contributed by atoms with Gasteiger partial charge in [0.25, 0.3) is 0 Å². The Morgan fingerprint density at radius 1 is 1.50 bits per heavy atom. The van der Waals surface area contributed by atoms with E-state index in [2.05, 4.69) is 15.6 Å². The highest BCUT2D eigenvalue weighted by Gasteiger charge is 2.31. The van der Waals surface area contributed by atoms with Crippen LogP contribution in [0.15, 0.2) is 12.4 Å². The Morgan fingerprint density at radius 2 is 2.22 bits per heavy atom. The standard InChI is InChI=1S/C11H18N4O3/c1-3-11(2,10(17)18)8-12-9(16)4-6-15-7-5-13-14-15/h5,7H,3-4,6,8H2,1-2H3,(H,12,16)(H,17,18). The van der Waals surface area contributed by atoms with Crippen LogP contribution in [0.2, 0.25) is 0 Å². The van der Waals surface area contributed by atoms with Gasteiger partial charge < -0.3 is 10.4 Å². The molecule has 1 aromatic heterocycles. The Hall–Kier alpha value is -1.92. The van der Waals surface area contributed by atoms with Crippen molar-refractivity contribution in [2.45, 2.75) is 33.2 Å². The summed E-state index contributed by atoms with van der Waals surface area (Å²) < 4.78 is 1.55. The van der Waals surface area contributed by atoms with Crippen molar-refractivity contribution < 1.29 is 14.7 Å². The van der Waals surface area contributed by atoms with E-state index in [0.29, 0.717) is 13.0 Å². The highest BCUT2D eigenvalue weighted by atomic mass is 16.4. The molecule has 100 valence electrons. The van der Waals surface area contributed by atoms with Crippen LogP contribution in [0.3, 0.4) is 0 Å². The average molecular weight is 254 g/mol. The number of nitrogens with zero attached hydrogens (tertiary/aromatic N) is 3. The molecule has 0 aliphatic rings. The van der Waals surface area contributed by atoms with Crippen LogP contribution in [0.4, 0.5) is 0 Å². The zero-order valence-electron chi connectivity index (χ0n) is 10.6. The number of nitrogens with one attached hydrogen (secondary N) is 1. The Balaban J connectivity index is 2.34. The van der Waals surface area contributed by atoms with Crippen molar-refractivity contribution in [1.29, 1.82) is 0 Å². The second-order valence-corrected chi connectivity index (χ2v) is 4.41. The molecule has 0 bridgehead atoms. The minimum Gasteiger partial charge on any atom is -0.481 e. The van der Waals surface area contributed by atoms with Crippen LogP contribution in [0.5, 0.6) is 0 Å². The predicted molar refractivity (Wildman–Crippen MR) is 63.7 cm³/mol. The predicted octanol–water partition coefficient (Wildman–Crippen LogP) is 0.285. The number of carbonyl (C=O) groups is 2. The zero-order valence-corrected chi connectivity index (χ0v) is 10.6. The molecule has 2 N–H and O–H groups in total. The largest absolute Gasteiger partial charge is 0.481 e. The normalized spacial score (nSPS) is 13.9. The van der Waals surface area contributed by atoms with Crippen molar-refractivity contribution in [3.05, 3.63) is 12.4 Å². The molecule has 1 rings (SSSR count). The molecule has 0 aliphatic carbocycles. The molecule has 18 heavy (non-hydrogen) atoms. The lowest BCUT2D eigenvalue weighted by molar-refractivity contribution is -0.148. The van der Waals surface area contributed by atoms with Crippen molar-refractivity contribution in [2.24, 2.45) is 5.41 Å². The number of aliphatic carboxylic acids is 1. The Kier molecular flexibility index (Phi) is 4.82. The number of rotatable bonds is 7. The smallest absolute Gasteiger partial charge is 0.311 e. The third-order valence-corrected chi connectivity index (χ3v) is 3.01. The van der Waals surface area contributed by atoms with E-state index in [1.165, 1.54) is 6.20 Å². The maximum Gasteiger partial charge on any atom is 0.311 e. The molecule has 1 amide bonds. The summed E-state index contributed by atoms with van der Waals surface area (Å²) in [5.74, 6) is -1.09. The molecule has 7 heteroatoms. The summed E-state index contributed by atoms with van der Waals surface area (Å²) >= 11 is 0. The second-order valence-electron chi connectivity index (χ2n) is 4.41. The quantitative estimate of drug-likeness (QED) is 0.728. The SMILES string of the molecule is CCC(C)(CNC(=O)CCn1ccnn1)C(=O)O. The molecule has 0 spiro atoms. The van der Waals surface area contributed by atoms with Crippen molar-refractivity contribution in [3.63, 3.8) is 0 Å². The third-order valence-electron chi connectivity index (χ3n) is 3.01. The van der Waals surface area contributed by atoms with Gasteiger partial charge in [-0.2, -0.15) is 0 Å². The number of aromatic nitrogens is 3. The molecular weight excluding hydrogens is 236 g/mol. The summed E-state index contributed by atoms with van der Waals surface area (Å²) in [6.45, 7) is 3.97. The van der Waals surface area contributed by atoms with Crippen LogP contribution in [-0.4, -0.2) is 38.5 Å². The van der Waals surface area contributed by atoms with Crippen LogP contribution >= 0.6 is 0 Å². The van der Waals surface area contributed by atoms with Gasteiger partial charge in [0.2, 0.25) is 5.91 Å². The monoisotopic (exact) mass is 254 g/mol. The summed E-state index contributed by atoms with van der Waals surface area (Å²) in [6, 6.07) is 0. The summed E-state index contributed by atoms with van der Waals surface area (Å²) in [5.41, 5.74) is -0.914. The van der Waals surface area contributed by atoms with E-state index in [9.17, 15) is 9.59 Å². The van der Waals surface area contributed by atoms with E-state index in [-0.39, 0.29) is 18.9 Å². The van der Waals surface area contributed by atoms with E-state index in [1.807, 2.05) is 0 Å². The van der Waals surface area contributed by atoms with Crippen LogP contribution < -0.4 is 5.32 Å². The Labute approximate surface area is 105 Å². The highest BCUT2D eigenvalue weighted by molar-refractivity contribution is 5.78. The lowest BCUT2D eigenvalue weighted by Crippen LogP contribution is -2.40. The average Bonchev–Trinajstić information content (AvgIpc) is 2.86. The zero-order chi connectivity index (χ0) is 13.6. The molecule has 0 saturated heterocycles. The van der Waals surface area contributed by atoms with Gasteiger partial charge in [-0.3, -0.25) is 14.3 Å². The molecule has 1 atom stereocenters. The van der Waals surface area contributed by atoms with Gasteiger partial charge in [-0.15, -0.1) is 5.10 Å². The first kappa shape index (κ1) is 14.1.